The minimum absolute atomic E-state index is 0.0164. The number of hydrogen-bond donors (Lipinski definition) is 1. The minimum Gasteiger partial charge on any atom is -0.351 e. The maximum Gasteiger partial charge on any atom is 0.251 e. The van der Waals surface area contributed by atoms with Crippen LogP contribution >= 0.6 is 15.9 Å². The molecule has 21 heavy (non-hydrogen) atoms. The fraction of sp³-hybridized carbons (Fsp3) is 0.611. The third-order valence-corrected chi connectivity index (χ3v) is 5.61. The molecular formula is C18H28BrNO. The molecule has 0 fully saturated rings. The molecule has 1 N–H and O–H groups in total. The van der Waals surface area contributed by atoms with Crippen LogP contribution in [-0.2, 0) is 5.41 Å². The summed E-state index contributed by atoms with van der Waals surface area (Å²) in [5.41, 5.74) is 2.25. The third kappa shape index (κ3) is 4.84. The van der Waals surface area contributed by atoms with Gasteiger partial charge < -0.3 is 5.32 Å². The van der Waals surface area contributed by atoms with E-state index in [4.69, 9.17) is 0 Å². The molecule has 118 valence electrons. The average Bonchev–Trinajstić information content (AvgIpc) is 2.48. The fourth-order valence-corrected chi connectivity index (χ4v) is 3.22. The number of rotatable bonds is 6. The molecule has 0 aromatic heterocycles. The zero-order valence-corrected chi connectivity index (χ0v) is 15.5. The number of carbonyl (C=O) groups excluding carboxylic acids is 1. The molecule has 1 aromatic rings. The van der Waals surface area contributed by atoms with Gasteiger partial charge in [0.1, 0.15) is 0 Å². The molecule has 3 heteroatoms. The van der Waals surface area contributed by atoms with Crippen molar-refractivity contribution in [3.63, 3.8) is 0 Å². The minimum atomic E-state index is 0.0164. The molecule has 0 aliphatic carbocycles. The first-order valence-corrected chi connectivity index (χ1v) is 8.85. The van der Waals surface area contributed by atoms with Crippen LogP contribution < -0.4 is 5.32 Å². The lowest BCUT2D eigenvalue weighted by molar-refractivity contribution is 0.0932. The first-order chi connectivity index (χ1) is 9.78. The summed E-state index contributed by atoms with van der Waals surface area (Å²) in [6, 6.07) is 7.94. The Morgan fingerprint density at radius 1 is 1.10 bits per heavy atom. The van der Waals surface area contributed by atoms with Gasteiger partial charge in [0.2, 0.25) is 0 Å². The van der Waals surface area contributed by atoms with Crippen molar-refractivity contribution in [2.24, 2.45) is 5.41 Å². The molecule has 2 nitrogen and oxygen atoms in total. The van der Waals surface area contributed by atoms with Crippen molar-refractivity contribution >= 4 is 21.8 Å². The molecule has 1 amide bonds. The number of amides is 1. The van der Waals surface area contributed by atoms with E-state index in [1.54, 1.807) is 0 Å². The summed E-state index contributed by atoms with van der Waals surface area (Å²) < 4.78 is 0. The summed E-state index contributed by atoms with van der Waals surface area (Å²) in [7, 11) is 0. The fourth-order valence-electron chi connectivity index (χ4n) is 2.23. The maximum absolute atomic E-state index is 12.3. The van der Waals surface area contributed by atoms with E-state index in [0.29, 0.717) is 6.54 Å². The van der Waals surface area contributed by atoms with Gasteiger partial charge in [0.25, 0.3) is 5.91 Å². The number of hydrogen-bond acceptors (Lipinski definition) is 1. The van der Waals surface area contributed by atoms with E-state index in [-0.39, 0.29) is 16.7 Å². The Labute approximate surface area is 137 Å². The van der Waals surface area contributed by atoms with Gasteiger partial charge in [-0.2, -0.15) is 0 Å². The van der Waals surface area contributed by atoms with Crippen molar-refractivity contribution in [3.8, 4) is 0 Å². The Morgan fingerprint density at radius 3 is 2.00 bits per heavy atom. The Morgan fingerprint density at radius 2 is 1.62 bits per heavy atom. The van der Waals surface area contributed by atoms with Crippen LogP contribution in [0.5, 0.6) is 0 Å². The summed E-state index contributed by atoms with van der Waals surface area (Å²) in [4.78, 5) is 12.3. The molecule has 0 heterocycles. The topological polar surface area (TPSA) is 29.1 Å². The second kappa shape index (κ2) is 7.44. The monoisotopic (exact) mass is 353 g/mol. The maximum atomic E-state index is 12.3. The van der Waals surface area contributed by atoms with Gasteiger partial charge in [-0.15, -0.1) is 0 Å². The lowest BCUT2D eigenvalue weighted by Crippen LogP contribution is -2.38. The van der Waals surface area contributed by atoms with Crippen LogP contribution in [-0.4, -0.2) is 17.8 Å². The average molecular weight is 354 g/mol. The summed E-state index contributed by atoms with van der Waals surface area (Å²) in [6.07, 6.45) is 2.11. The van der Waals surface area contributed by atoms with E-state index in [1.807, 2.05) is 24.3 Å². The second-order valence-electron chi connectivity index (χ2n) is 6.85. The molecule has 1 aromatic carbocycles. The lowest BCUT2D eigenvalue weighted by Gasteiger charge is -2.29. The third-order valence-electron chi connectivity index (χ3n) is 4.42. The highest BCUT2D eigenvalue weighted by atomic mass is 79.9. The number of alkyl halides is 1. The quantitative estimate of drug-likeness (QED) is 0.722. The zero-order chi connectivity index (χ0) is 16.1. The van der Waals surface area contributed by atoms with Gasteiger partial charge in [-0.1, -0.05) is 62.7 Å². The van der Waals surface area contributed by atoms with Crippen molar-refractivity contribution in [1.82, 2.24) is 5.32 Å². The molecule has 0 saturated carbocycles. The molecule has 0 aliphatic heterocycles. The molecule has 1 rings (SSSR count). The standard InChI is InChI=1S/C18H28BrNO/c1-6-18(7-2,12-19)13-20-16(21)14-8-10-15(11-9-14)17(3,4)5/h8-11H,6-7,12-13H2,1-5H3,(H,20,21). The molecule has 0 spiro atoms. The van der Waals surface area contributed by atoms with Crippen LogP contribution in [0.4, 0.5) is 0 Å². The van der Waals surface area contributed by atoms with Gasteiger partial charge in [-0.05, 0) is 41.4 Å². The van der Waals surface area contributed by atoms with Gasteiger partial charge >= 0.3 is 0 Å². The van der Waals surface area contributed by atoms with Gasteiger partial charge in [-0.3, -0.25) is 4.79 Å². The first kappa shape index (κ1) is 18.2. The number of carbonyl (C=O) groups is 1. The molecular weight excluding hydrogens is 326 g/mol. The van der Waals surface area contributed by atoms with Gasteiger partial charge in [0.05, 0.1) is 0 Å². The summed E-state index contributed by atoms with van der Waals surface area (Å²) >= 11 is 3.58. The molecule has 0 unspecified atom stereocenters. The Balaban J connectivity index is 2.72. The number of nitrogens with one attached hydrogen (secondary N) is 1. The first-order valence-electron chi connectivity index (χ1n) is 7.72. The van der Waals surface area contributed by atoms with E-state index < -0.39 is 0 Å². The Kier molecular flexibility index (Phi) is 6.45. The predicted octanol–water partition coefficient (Wildman–Crippen LogP) is 4.92. The summed E-state index contributed by atoms with van der Waals surface area (Å²) in [5, 5.41) is 3.99. The molecule has 0 radical (unpaired) electrons. The molecule has 0 saturated heterocycles. The SMILES string of the molecule is CCC(CC)(CBr)CNC(=O)c1ccc(C(C)(C)C)cc1. The number of halogens is 1. The number of benzene rings is 1. The van der Waals surface area contributed by atoms with Crippen LogP contribution in [0.1, 0.15) is 63.4 Å². The normalized spacial score (nSPS) is 12.3. The summed E-state index contributed by atoms with van der Waals surface area (Å²) in [6.45, 7) is 11.6. The van der Waals surface area contributed by atoms with E-state index in [2.05, 4.69) is 55.9 Å². The second-order valence-corrected chi connectivity index (χ2v) is 7.41. The Bertz CT molecular complexity index is 447. The van der Waals surface area contributed by atoms with E-state index >= 15 is 0 Å². The van der Waals surface area contributed by atoms with Crippen molar-refractivity contribution in [2.75, 3.05) is 11.9 Å². The summed E-state index contributed by atoms with van der Waals surface area (Å²) in [5.74, 6) is 0.0164. The van der Waals surface area contributed by atoms with Gasteiger partial charge in [0.15, 0.2) is 0 Å². The van der Waals surface area contributed by atoms with Crippen molar-refractivity contribution < 1.29 is 4.79 Å². The highest BCUT2D eigenvalue weighted by Gasteiger charge is 2.25. The van der Waals surface area contributed by atoms with Gasteiger partial charge in [0, 0.05) is 17.4 Å². The lowest BCUT2D eigenvalue weighted by atomic mass is 9.84. The van der Waals surface area contributed by atoms with E-state index in [9.17, 15) is 4.79 Å². The van der Waals surface area contributed by atoms with Crippen molar-refractivity contribution in [2.45, 2.75) is 52.9 Å². The van der Waals surface area contributed by atoms with Crippen LogP contribution in [0.3, 0.4) is 0 Å². The molecule has 0 atom stereocenters. The van der Waals surface area contributed by atoms with Crippen molar-refractivity contribution in [1.29, 1.82) is 0 Å². The smallest absolute Gasteiger partial charge is 0.251 e. The van der Waals surface area contributed by atoms with Crippen LogP contribution in [0.15, 0.2) is 24.3 Å². The predicted molar refractivity (Wildman–Crippen MR) is 94.3 cm³/mol. The van der Waals surface area contributed by atoms with E-state index in [0.717, 1.165) is 23.7 Å². The van der Waals surface area contributed by atoms with Crippen molar-refractivity contribution in [3.05, 3.63) is 35.4 Å². The van der Waals surface area contributed by atoms with E-state index in [1.165, 1.54) is 5.56 Å². The Hall–Kier alpha value is -0.830. The molecule has 0 bridgehead atoms. The zero-order valence-electron chi connectivity index (χ0n) is 13.9. The van der Waals surface area contributed by atoms with Crippen LogP contribution in [0, 0.1) is 5.41 Å². The molecule has 0 aliphatic rings. The van der Waals surface area contributed by atoms with Gasteiger partial charge in [-0.25, -0.2) is 0 Å². The highest BCUT2D eigenvalue weighted by Crippen LogP contribution is 2.28. The largest absolute Gasteiger partial charge is 0.351 e. The van der Waals surface area contributed by atoms with Crippen LogP contribution in [0.2, 0.25) is 0 Å². The highest BCUT2D eigenvalue weighted by molar-refractivity contribution is 9.09. The van der Waals surface area contributed by atoms with Crippen LogP contribution in [0.25, 0.3) is 0 Å².